The van der Waals surface area contributed by atoms with Crippen LogP contribution in [0.1, 0.15) is 25.7 Å². The number of alkyl halides is 1. The molecular weight excluding hydrogens is 348 g/mol. The fourth-order valence-corrected chi connectivity index (χ4v) is 4.69. The van der Waals surface area contributed by atoms with Gasteiger partial charge in [0, 0.05) is 48.8 Å². The third-order valence-electron chi connectivity index (χ3n) is 5.05. The maximum Gasteiger partial charge on any atom is 0.0426 e. The smallest absolute Gasteiger partial charge is 0.0426 e. The van der Waals surface area contributed by atoms with E-state index in [1.54, 1.807) is 0 Å². The first-order valence-electron chi connectivity index (χ1n) is 8.00. The molecule has 0 atom stereocenters. The Balaban J connectivity index is 1.55. The molecule has 0 radical (unpaired) electrons. The number of halogens is 2. The maximum atomic E-state index is 6.10. The third kappa shape index (κ3) is 3.75. The molecule has 116 valence electrons. The first-order chi connectivity index (χ1) is 10.2. The second kappa shape index (κ2) is 6.89. The van der Waals surface area contributed by atoms with E-state index in [-0.39, 0.29) is 0 Å². The van der Waals surface area contributed by atoms with E-state index in [2.05, 4.69) is 37.9 Å². The van der Waals surface area contributed by atoms with Crippen LogP contribution in [0.2, 0.25) is 5.02 Å². The molecule has 2 aliphatic rings. The van der Waals surface area contributed by atoms with Gasteiger partial charge < -0.3 is 4.90 Å². The standard InChI is InChI=1S/C17H24BrClN2/c18-13-17(6-1-2-7-17)14-20-8-10-21(11-9-20)16-5-3-4-15(19)12-16/h3-5,12H,1-2,6-11,13-14H2. The van der Waals surface area contributed by atoms with Crippen molar-refractivity contribution < 1.29 is 0 Å². The molecule has 4 heteroatoms. The fourth-order valence-electron chi connectivity index (χ4n) is 3.77. The van der Waals surface area contributed by atoms with E-state index in [1.165, 1.54) is 51.0 Å². The average Bonchev–Trinajstić information content (AvgIpc) is 2.97. The molecule has 1 aliphatic heterocycles. The van der Waals surface area contributed by atoms with E-state index in [9.17, 15) is 0 Å². The van der Waals surface area contributed by atoms with Crippen molar-refractivity contribution in [2.24, 2.45) is 5.41 Å². The van der Waals surface area contributed by atoms with Crippen molar-refractivity contribution in [3.8, 4) is 0 Å². The summed E-state index contributed by atoms with van der Waals surface area (Å²) in [6.45, 7) is 5.82. The Morgan fingerprint density at radius 1 is 1.10 bits per heavy atom. The largest absolute Gasteiger partial charge is 0.369 e. The van der Waals surface area contributed by atoms with Crippen molar-refractivity contribution in [3.63, 3.8) is 0 Å². The van der Waals surface area contributed by atoms with E-state index in [4.69, 9.17) is 11.6 Å². The topological polar surface area (TPSA) is 6.48 Å². The molecule has 1 aromatic rings. The number of hydrogen-bond donors (Lipinski definition) is 0. The van der Waals surface area contributed by atoms with Gasteiger partial charge in [-0.05, 0) is 36.5 Å². The Kier molecular flexibility index (Phi) is 5.13. The monoisotopic (exact) mass is 370 g/mol. The van der Waals surface area contributed by atoms with Gasteiger partial charge in [0.2, 0.25) is 0 Å². The molecule has 0 aromatic heterocycles. The summed E-state index contributed by atoms with van der Waals surface area (Å²) >= 11 is 9.87. The minimum absolute atomic E-state index is 0.540. The van der Waals surface area contributed by atoms with E-state index >= 15 is 0 Å². The number of rotatable bonds is 4. The highest BCUT2D eigenvalue weighted by Crippen LogP contribution is 2.40. The van der Waals surface area contributed by atoms with Gasteiger partial charge in [0.05, 0.1) is 0 Å². The van der Waals surface area contributed by atoms with Crippen LogP contribution in [0.5, 0.6) is 0 Å². The van der Waals surface area contributed by atoms with Gasteiger partial charge in [-0.3, -0.25) is 4.90 Å². The summed E-state index contributed by atoms with van der Waals surface area (Å²) in [6, 6.07) is 8.23. The predicted molar refractivity (Wildman–Crippen MR) is 94.8 cm³/mol. The van der Waals surface area contributed by atoms with Gasteiger partial charge in [-0.25, -0.2) is 0 Å². The lowest BCUT2D eigenvalue weighted by atomic mass is 9.88. The van der Waals surface area contributed by atoms with Crippen molar-refractivity contribution in [1.82, 2.24) is 4.90 Å². The molecule has 1 saturated carbocycles. The number of nitrogens with zero attached hydrogens (tertiary/aromatic N) is 2. The normalized spacial score (nSPS) is 22.7. The fraction of sp³-hybridized carbons (Fsp3) is 0.647. The molecule has 1 saturated heterocycles. The minimum Gasteiger partial charge on any atom is -0.369 e. The molecule has 1 heterocycles. The van der Waals surface area contributed by atoms with Gasteiger partial charge >= 0.3 is 0 Å². The Morgan fingerprint density at radius 2 is 1.81 bits per heavy atom. The molecule has 1 aromatic carbocycles. The van der Waals surface area contributed by atoms with Crippen LogP contribution in [0.25, 0.3) is 0 Å². The zero-order valence-corrected chi connectivity index (χ0v) is 14.9. The summed E-state index contributed by atoms with van der Waals surface area (Å²) in [5.74, 6) is 0. The summed E-state index contributed by atoms with van der Waals surface area (Å²) in [6.07, 6.45) is 5.61. The van der Waals surface area contributed by atoms with Gasteiger partial charge in [0.25, 0.3) is 0 Å². The number of anilines is 1. The molecule has 2 nitrogen and oxygen atoms in total. The molecule has 21 heavy (non-hydrogen) atoms. The van der Waals surface area contributed by atoms with Crippen LogP contribution in [0.15, 0.2) is 24.3 Å². The highest BCUT2D eigenvalue weighted by atomic mass is 79.9. The molecule has 0 bridgehead atoms. The number of piperazine rings is 1. The Morgan fingerprint density at radius 3 is 2.43 bits per heavy atom. The van der Waals surface area contributed by atoms with Gasteiger partial charge in [-0.2, -0.15) is 0 Å². The van der Waals surface area contributed by atoms with Crippen LogP contribution < -0.4 is 4.90 Å². The maximum absolute atomic E-state index is 6.10. The van der Waals surface area contributed by atoms with E-state index < -0.39 is 0 Å². The van der Waals surface area contributed by atoms with Gasteiger partial charge in [0.15, 0.2) is 0 Å². The number of benzene rings is 1. The van der Waals surface area contributed by atoms with E-state index in [0.717, 1.165) is 23.4 Å². The summed E-state index contributed by atoms with van der Waals surface area (Å²) in [5, 5.41) is 1.99. The van der Waals surface area contributed by atoms with Crippen LogP contribution in [-0.4, -0.2) is 43.0 Å². The van der Waals surface area contributed by atoms with Crippen molar-refractivity contribution in [2.45, 2.75) is 25.7 Å². The quantitative estimate of drug-likeness (QED) is 0.723. The van der Waals surface area contributed by atoms with Crippen LogP contribution >= 0.6 is 27.5 Å². The zero-order chi connectivity index (χ0) is 14.7. The molecule has 2 fully saturated rings. The molecule has 0 N–H and O–H groups in total. The molecule has 0 spiro atoms. The van der Waals surface area contributed by atoms with Crippen molar-refractivity contribution >= 4 is 33.2 Å². The van der Waals surface area contributed by atoms with Gasteiger partial charge in [0.1, 0.15) is 0 Å². The summed E-state index contributed by atoms with van der Waals surface area (Å²) in [5.41, 5.74) is 1.80. The average molecular weight is 372 g/mol. The molecule has 0 amide bonds. The van der Waals surface area contributed by atoms with Gasteiger partial charge in [-0.15, -0.1) is 0 Å². The summed E-state index contributed by atoms with van der Waals surface area (Å²) in [4.78, 5) is 5.12. The van der Waals surface area contributed by atoms with E-state index in [0.29, 0.717) is 5.41 Å². The van der Waals surface area contributed by atoms with Crippen molar-refractivity contribution in [2.75, 3.05) is 43.0 Å². The zero-order valence-electron chi connectivity index (χ0n) is 12.5. The van der Waals surface area contributed by atoms with E-state index in [1.807, 2.05) is 12.1 Å². The SMILES string of the molecule is Clc1cccc(N2CCN(CC3(CBr)CCCC3)CC2)c1. The molecule has 3 rings (SSSR count). The summed E-state index contributed by atoms with van der Waals surface area (Å²) in [7, 11) is 0. The van der Waals surface area contributed by atoms with Crippen LogP contribution in [0.3, 0.4) is 0 Å². The third-order valence-corrected chi connectivity index (χ3v) is 6.48. The minimum atomic E-state index is 0.540. The number of hydrogen-bond acceptors (Lipinski definition) is 2. The van der Waals surface area contributed by atoms with Crippen LogP contribution in [0, 0.1) is 5.41 Å². The Labute approximate surface area is 141 Å². The van der Waals surface area contributed by atoms with Crippen molar-refractivity contribution in [1.29, 1.82) is 0 Å². The molecule has 0 unspecified atom stereocenters. The lowest BCUT2D eigenvalue weighted by molar-refractivity contribution is 0.164. The molecular formula is C17H24BrClN2. The lowest BCUT2D eigenvalue weighted by Crippen LogP contribution is -2.50. The first kappa shape index (κ1) is 15.6. The Hall–Kier alpha value is -0.250. The summed E-state index contributed by atoms with van der Waals surface area (Å²) < 4.78 is 0. The highest BCUT2D eigenvalue weighted by Gasteiger charge is 2.35. The molecule has 1 aliphatic carbocycles. The van der Waals surface area contributed by atoms with Crippen LogP contribution in [-0.2, 0) is 0 Å². The second-order valence-electron chi connectivity index (χ2n) is 6.58. The van der Waals surface area contributed by atoms with Gasteiger partial charge in [-0.1, -0.05) is 46.4 Å². The highest BCUT2D eigenvalue weighted by molar-refractivity contribution is 9.09. The van der Waals surface area contributed by atoms with Crippen molar-refractivity contribution in [3.05, 3.63) is 29.3 Å². The van der Waals surface area contributed by atoms with Crippen LogP contribution in [0.4, 0.5) is 5.69 Å². The lowest BCUT2D eigenvalue weighted by Gasteiger charge is -2.40. The predicted octanol–water partition coefficient (Wildman–Crippen LogP) is 4.42. The first-order valence-corrected chi connectivity index (χ1v) is 9.50. The second-order valence-corrected chi connectivity index (χ2v) is 7.58. The Bertz CT molecular complexity index is 466.